The van der Waals surface area contributed by atoms with Gasteiger partial charge in [0.05, 0.1) is 5.39 Å². The Balaban J connectivity index is 1.05. The highest BCUT2D eigenvalue weighted by atomic mass is 16.5. The summed E-state index contributed by atoms with van der Waals surface area (Å²) in [5.74, 6) is 1.69. The quantitative estimate of drug-likeness (QED) is 0.397. The molecular weight excluding hydrogens is 452 g/mol. The van der Waals surface area contributed by atoms with Crippen LogP contribution in [0.25, 0.3) is 22.2 Å². The van der Waals surface area contributed by atoms with Crippen LogP contribution in [0.4, 0.5) is 0 Å². The molecule has 6 rings (SSSR count). The van der Waals surface area contributed by atoms with Crippen LogP contribution in [0.1, 0.15) is 36.0 Å². The van der Waals surface area contributed by atoms with Crippen LogP contribution in [0.15, 0.2) is 77.6 Å². The molecule has 7 nitrogen and oxygen atoms in total. The van der Waals surface area contributed by atoms with E-state index in [0.717, 1.165) is 74.1 Å². The van der Waals surface area contributed by atoms with Gasteiger partial charge < -0.3 is 14.2 Å². The number of fused-ring (bicyclic) bond motifs is 1. The van der Waals surface area contributed by atoms with Gasteiger partial charge in [0, 0.05) is 55.7 Å². The molecule has 4 aromatic rings. The largest absolute Gasteiger partial charge is 0.490 e. The molecule has 184 valence electrons. The van der Waals surface area contributed by atoms with Gasteiger partial charge in [-0.05, 0) is 56.0 Å². The van der Waals surface area contributed by atoms with Crippen molar-refractivity contribution in [3.8, 4) is 17.1 Å². The van der Waals surface area contributed by atoms with Crippen LogP contribution in [0.5, 0.6) is 5.75 Å². The summed E-state index contributed by atoms with van der Waals surface area (Å²) in [6.45, 7) is 3.65. The monoisotopic (exact) mass is 482 g/mol. The zero-order valence-electron chi connectivity index (χ0n) is 20.3. The van der Waals surface area contributed by atoms with Gasteiger partial charge in [0.2, 0.25) is 0 Å². The van der Waals surface area contributed by atoms with E-state index in [4.69, 9.17) is 9.26 Å². The first kappa shape index (κ1) is 22.7. The minimum atomic E-state index is 0.0834. The Morgan fingerprint density at radius 3 is 2.39 bits per heavy atom. The molecular formula is C29H30N4O3. The SMILES string of the molecule is O=C(c1ccc2noc(-c3ccccc3)c2c1)N1CCC(N2CCC(Oc3ccncc3)CC2)CC1. The van der Waals surface area contributed by atoms with Crippen LogP contribution >= 0.6 is 0 Å². The molecule has 0 spiro atoms. The number of carbonyl (C=O) groups is 1. The molecule has 0 atom stereocenters. The maximum Gasteiger partial charge on any atom is 0.253 e. The molecule has 7 heteroatoms. The Labute approximate surface area is 210 Å². The smallest absolute Gasteiger partial charge is 0.253 e. The van der Waals surface area contributed by atoms with Gasteiger partial charge >= 0.3 is 0 Å². The molecule has 2 aromatic heterocycles. The predicted molar refractivity (Wildman–Crippen MR) is 138 cm³/mol. The average Bonchev–Trinajstić information content (AvgIpc) is 3.38. The van der Waals surface area contributed by atoms with E-state index in [1.807, 2.05) is 65.6 Å². The Morgan fingerprint density at radius 2 is 1.64 bits per heavy atom. The first-order valence-corrected chi connectivity index (χ1v) is 12.8. The summed E-state index contributed by atoms with van der Waals surface area (Å²) in [6.07, 6.45) is 7.88. The zero-order valence-corrected chi connectivity index (χ0v) is 20.3. The van der Waals surface area contributed by atoms with Gasteiger partial charge in [0.15, 0.2) is 5.76 Å². The van der Waals surface area contributed by atoms with Gasteiger partial charge in [-0.1, -0.05) is 35.5 Å². The van der Waals surface area contributed by atoms with Crippen molar-refractivity contribution in [2.45, 2.75) is 37.8 Å². The third-order valence-electron chi connectivity index (χ3n) is 7.46. The molecule has 0 unspecified atom stereocenters. The summed E-state index contributed by atoms with van der Waals surface area (Å²) in [5, 5.41) is 5.06. The minimum absolute atomic E-state index is 0.0834. The molecule has 0 bridgehead atoms. The first-order chi connectivity index (χ1) is 17.7. The third-order valence-corrected chi connectivity index (χ3v) is 7.46. The van der Waals surface area contributed by atoms with E-state index in [2.05, 4.69) is 15.0 Å². The lowest BCUT2D eigenvalue weighted by Gasteiger charge is -2.41. The van der Waals surface area contributed by atoms with Crippen LogP contribution < -0.4 is 4.74 Å². The second-order valence-corrected chi connectivity index (χ2v) is 9.67. The Bertz CT molecular complexity index is 1310. The lowest BCUT2D eigenvalue weighted by Crippen LogP contribution is -2.50. The third kappa shape index (κ3) is 4.71. The topological polar surface area (TPSA) is 71.7 Å². The van der Waals surface area contributed by atoms with Crippen molar-refractivity contribution >= 4 is 16.8 Å². The number of carbonyl (C=O) groups excluding carboxylic acids is 1. The molecule has 4 heterocycles. The van der Waals surface area contributed by atoms with Crippen LogP contribution in [-0.4, -0.2) is 64.2 Å². The lowest BCUT2D eigenvalue weighted by molar-refractivity contribution is 0.0425. The molecule has 0 N–H and O–H groups in total. The van der Waals surface area contributed by atoms with E-state index in [-0.39, 0.29) is 12.0 Å². The second kappa shape index (κ2) is 10.1. The predicted octanol–water partition coefficient (Wildman–Crippen LogP) is 5.04. The molecule has 2 fully saturated rings. The van der Waals surface area contributed by atoms with Crippen LogP contribution in [0.3, 0.4) is 0 Å². The number of rotatable bonds is 5. The number of hydrogen-bond acceptors (Lipinski definition) is 6. The number of benzene rings is 2. The van der Waals surface area contributed by atoms with Gasteiger partial charge in [0.25, 0.3) is 5.91 Å². The molecule has 2 aliphatic rings. The van der Waals surface area contributed by atoms with E-state index in [1.165, 1.54) is 0 Å². The fourth-order valence-electron chi connectivity index (χ4n) is 5.46. The number of nitrogens with zero attached hydrogens (tertiary/aromatic N) is 4. The maximum absolute atomic E-state index is 13.4. The van der Waals surface area contributed by atoms with Crippen molar-refractivity contribution in [1.82, 2.24) is 19.9 Å². The van der Waals surface area contributed by atoms with Crippen LogP contribution in [0, 0.1) is 0 Å². The van der Waals surface area contributed by atoms with E-state index < -0.39 is 0 Å². The summed E-state index contributed by atoms with van der Waals surface area (Å²) in [4.78, 5) is 22.0. The average molecular weight is 483 g/mol. The number of amides is 1. The van der Waals surface area contributed by atoms with E-state index in [0.29, 0.717) is 17.4 Å². The number of hydrogen-bond donors (Lipinski definition) is 0. The lowest BCUT2D eigenvalue weighted by atomic mass is 9.98. The van der Waals surface area contributed by atoms with Crippen LogP contribution in [-0.2, 0) is 0 Å². The second-order valence-electron chi connectivity index (χ2n) is 9.67. The molecule has 2 aliphatic heterocycles. The molecule has 0 radical (unpaired) electrons. The van der Waals surface area contributed by atoms with E-state index >= 15 is 0 Å². The number of aromatic nitrogens is 2. The van der Waals surface area contributed by atoms with Crippen molar-refractivity contribution < 1.29 is 14.1 Å². The van der Waals surface area contributed by atoms with Crippen molar-refractivity contribution in [2.24, 2.45) is 0 Å². The highest BCUT2D eigenvalue weighted by molar-refractivity contribution is 6.01. The molecule has 2 saturated heterocycles. The Hall–Kier alpha value is -3.71. The number of likely N-dealkylation sites (tertiary alicyclic amines) is 2. The Morgan fingerprint density at radius 1 is 0.889 bits per heavy atom. The standard InChI is InChI=1S/C29H30N4O3/c34-29(22-6-7-27-26(20-22)28(36-31-27)21-4-2-1-3-5-21)33-16-10-23(11-17-33)32-18-12-25(13-19-32)35-24-8-14-30-15-9-24/h1-9,14-15,20,23,25H,10-13,16-19H2. The number of ether oxygens (including phenoxy) is 1. The minimum Gasteiger partial charge on any atom is -0.490 e. The summed E-state index contributed by atoms with van der Waals surface area (Å²) in [5.41, 5.74) is 2.41. The van der Waals surface area contributed by atoms with Crippen molar-refractivity contribution in [1.29, 1.82) is 0 Å². The summed E-state index contributed by atoms with van der Waals surface area (Å²) in [6, 6.07) is 19.9. The summed E-state index contributed by atoms with van der Waals surface area (Å²) < 4.78 is 11.7. The zero-order chi connectivity index (χ0) is 24.3. The summed E-state index contributed by atoms with van der Waals surface area (Å²) in [7, 11) is 0. The first-order valence-electron chi connectivity index (χ1n) is 12.8. The molecule has 1 amide bonds. The van der Waals surface area contributed by atoms with Gasteiger partial charge in [-0.3, -0.25) is 14.7 Å². The van der Waals surface area contributed by atoms with Gasteiger partial charge in [0.1, 0.15) is 17.4 Å². The molecule has 36 heavy (non-hydrogen) atoms. The summed E-state index contributed by atoms with van der Waals surface area (Å²) >= 11 is 0. The number of pyridine rings is 1. The van der Waals surface area contributed by atoms with Gasteiger partial charge in [-0.15, -0.1) is 0 Å². The normalized spacial score (nSPS) is 17.9. The maximum atomic E-state index is 13.4. The van der Waals surface area contributed by atoms with Crippen LogP contribution in [0.2, 0.25) is 0 Å². The van der Waals surface area contributed by atoms with Gasteiger partial charge in [-0.25, -0.2) is 0 Å². The van der Waals surface area contributed by atoms with Gasteiger partial charge in [-0.2, -0.15) is 0 Å². The highest BCUT2D eigenvalue weighted by Gasteiger charge is 2.30. The molecule has 0 aliphatic carbocycles. The highest BCUT2D eigenvalue weighted by Crippen LogP contribution is 2.30. The fraction of sp³-hybridized carbons (Fsp3) is 0.345. The van der Waals surface area contributed by atoms with Crippen molar-refractivity contribution in [3.63, 3.8) is 0 Å². The molecule has 0 saturated carbocycles. The van der Waals surface area contributed by atoms with E-state index in [1.54, 1.807) is 12.4 Å². The number of piperidine rings is 2. The van der Waals surface area contributed by atoms with Crippen molar-refractivity contribution in [3.05, 3.63) is 78.6 Å². The van der Waals surface area contributed by atoms with Crippen molar-refractivity contribution in [2.75, 3.05) is 26.2 Å². The Kier molecular flexibility index (Phi) is 6.38. The fourth-order valence-corrected chi connectivity index (χ4v) is 5.46. The van der Waals surface area contributed by atoms with E-state index in [9.17, 15) is 4.79 Å². The molecule has 2 aromatic carbocycles.